The molecule has 1 heterocycles. The number of carbonyl (C=O) groups excluding carboxylic acids is 1. The quantitative estimate of drug-likeness (QED) is 0.866. The summed E-state index contributed by atoms with van der Waals surface area (Å²) >= 11 is 0. The van der Waals surface area contributed by atoms with Crippen molar-refractivity contribution < 1.29 is 4.79 Å². The highest BCUT2D eigenvalue weighted by atomic mass is 16.2. The van der Waals surface area contributed by atoms with Gasteiger partial charge in [0.2, 0.25) is 5.91 Å². The van der Waals surface area contributed by atoms with E-state index in [0.717, 1.165) is 18.7 Å². The normalized spacial score (nSPS) is 17.3. The molecule has 5 nitrogen and oxygen atoms in total. The molecular weight excluding hydrogens is 228 g/mol. The van der Waals surface area contributed by atoms with Crippen LogP contribution in [0.3, 0.4) is 0 Å². The Kier molecular flexibility index (Phi) is 3.66. The fourth-order valence-corrected chi connectivity index (χ4v) is 2.46. The largest absolute Gasteiger partial charge is 0.354 e. The number of nitriles is 1. The minimum absolute atomic E-state index is 0.114. The Morgan fingerprint density at radius 3 is 2.89 bits per heavy atom. The van der Waals surface area contributed by atoms with E-state index in [0.29, 0.717) is 25.8 Å². The fourth-order valence-electron chi connectivity index (χ4n) is 2.46. The maximum absolute atomic E-state index is 12.1. The van der Waals surface area contributed by atoms with E-state index in [4.69, 9.17) is 0 Å². The molecule has 0 bridgehead atoms. The summed E-state index contributed by atoms with van der Waals surface area (Å²) in [5, 5.41) is 12.1. The maximum atomic E-state index is 12.1. The summed E-state index contributed by atoms with van der Waals surface area (Å²) in [6, 6.07) is 2.20. The summed E-state index contributed by atoms with van der Waals surface area (Å²) in [7, 11) is 1.93. The molecule has 18 heavy (non-hydrogen) atoms. The van der Waals surface area contributed by atoms with Crippen LogP contribution in [0.4, 0.5) is 0 Å². The number of carbonyl (C=O) groups is 1. The zero-order valence-electron chi connectivity index (χ0n) is 10.6. The van der Waals surface area contributed by atoms with Crippen molar-refractivity contribution in [2.45, 2.75) is 32.1 Å². The van der Waals surface area contributed by atoms with Gasteiger partial charge in [-0.05, 0) is 12.8 Å². The lowest BCUT2D eigenvalue weighted by molar-refractivity contribution is -0.127. The maximum Gasteiger partial charge on any atom is 0.240 e. The molecule has 0 aromatic carbocycles. The van der Waals surface area contributed by atoms with Crippen LogP contribution in [-0.4, -0.2) is 22.0 Å². The van der Waals surface area contributed by atoms with Gasteiger partial charge in [0.25, 0.3) is 0 Å². The number of rotatable bonds is 4. The molecule has 1 amide bonds. The van der Waals surface area contributed by atoms with E-state index < -0.39 is 5.41 Å². The van der Waals surface area contributed by atoms with E-state index in [2.05, 4.69) is 16.4 Å². The van der Waals surface area contributed by atoms with Crippen molar-refractivity contribution >= 4 is 5.91 Å². The first kappa shape index (κ1) is 12.6. The molecule has 1 fully saturated rings. The smallest absolute Gasteiger partial charge is 0.240 e. The van der Waals surface area contributed by atoms with Gasteiger partial charge in [0.1, 0.15) is 11.2 Å². The van der Waals surface area contributed by atoms with Gasteiger partial charge in [0.05, 0.1) is 6.07 Å². The van der Waals surface area contributed by atoms with Crippen molar-refractivity contribution in [2.24, 2.45) is 12.5 Å². The monoisotopic (exact) mass is 246 g/mol. The van der Waals surface area contributed by atoms with Crippen molar-refractivity contribution in [1.29, 1.82) is 5.26 Å². The number of hydrogen-bond donors (Lipinski definition) is 1. The summed E-state index contributed by atoms with van der Waals surface area (Å²) in [4.78, 5) is 16.2. The number of nitrogens with zero attached hydrogens (tertiary/aromatic N) is 3. The van der Waals surface area contributed by atoms with E-state index in [1.54, 1.807) is 6.20 Å². The molecule has 1 aliphatic rings. The summed E-state index contributed by atoms with van der Waals surface area (Å²) < 4.78 is 1.93. The van der Waals surface area contributed by atoms with Crippen molar-refractivity contribution in [3.05, 3.63) is 18.2 Å². The zero-order chi connectivity index (χ0) is 13.0. The standard InChI is InChI=1S/C13H18N4O/c1-17-9-8-15-11(17)4-7-16-12(18)13(10-14)5-2-3-6-13/h8-9H,2-7H2,1H3,(H,16,18). The third kappa shape index (κ3) is 2.37. The van der Waals surface area contributed by atoms with Gasteiger partial charge in [-0.25, -0.2) is 4.98 Å². The molecular formula is C13H18N4O. The van der Waals surface area contributed by atoms with Crippen LogP contribution in [0.1, 0.15) is 31.5 Å². The topological polar surface area (TPSA) is 70.7 Å². The van der Waals surface area contributed by atoms with Gasteiger partial charge in [-0.3, -0.25) is 4.79 Å². The first-order chi connectivity index (χ1) is 8.68. The fraction of sp³-hybridized carbons (Fsp3) is 0.615. The van der Waals surface area contributed by atoms with Gasteiger partial charge in [0.15, 0.2) is 0 Å². The summed E-state index contributed by atoms with van der Waals surface area (Å²) in [5.41, 5.74) is -0.776. The van der Waals surface area contributed by atoms with Crippen LogP contribution in [0.25, 0.3) is 0 Å². The van der Waals surface area contributed by atoms with Crippen molar-refractivity contribution in [3.8, 4) is 6.07 Å². The molecule has 0 saturated heterocycles. The van der Waals surface area contributed by atoms with Crippen LogP contribution in [0.2, 0.25) is 0 Å². The number of nitrogens with one attached hydrogen (secondary N) is 1. The van der Waals surface area contributed by atoms with E-state index in [1.807, 2.05) is 17.8 Å². The minimum Gasteiger partial charge on any atom is -0.354 e. The van der Waals surface area contributed by atoms with Crippen LogP contribution in [0, 0.1) is 16.7 Å². The molecule has 0 atom stereocenters. The van der Waals surface area contributed by atoms with Crippen LogP contribution in [0.15, 0.2) is 12.4 Å². The molecule has 1 aromatic heterocycles. The van der Waals surface area contributed by atoms with Crippen LogP contribution < -0.4 is 5.32 Å². The zero-order valence-corrected chi connectivity index (χ0v) is 10.6. The number of aryl methyl sites for hydroxylation is 1. The summed E-state index contributed by atoms with van der Waals surface area (Å²) in [6.45, 7) is 0.535. The van der Waals surface area contributed by atoms with E-state index in [1.165, 1.54) is 0 Å². The number of hydrogen-bond acceptors (Lipinski definition) is 3. The first-order valence-corrected chi connectivity index (χ1v) is 6.34. The van der Waals surface area contributed by atoms with Gasteiger partial charge in [0, 0.05) is 32.4 Å². The summed E-state index contributed by atoms with van der Waals surface area (Å²) in [6.07, 6.45) is 7.64. The second-order valence-corrected chi connectivity index (χ2v) is 4.86. The van der Waals surface area contributed by atoms with Crippen LogP contribution in [-0.2, 0) is 18.3 Å². The van der Waals surface area contributed by atoms with E-state index in [-0.39, 0.29) is 5.91 Å². The first-order valence-electron chi connectivity index (χ1n) is 6.34. The molecule has 1 aromatic rings. The highest BCUT2D eigenvalue weighted by Gasteiger charge is 2.41. The second-order valence-electron chi connectivity index (χ2n) is 4.86. The van der Waals surface area contributed by atoms with Crippen molar-refractivity contribution in [1.82, 2.24) is 14.9 Å². The molecule has 0 unspecified atom stereocenters. The predicted molar refractivity (Wildman–Crippen MR) is 66.4 cm³/mol. The number of imidazole rings is 1. The van der Waals surface area contributed by atoms with Crippen LogP contribution >= 0.6 is 0 Å². The van der Waals surface area contributed by atoms with Gasteiger partial charge in [-0.15, -0.1) is 0 Å². The Morgan fingerprint density at radius 1 is 1.61 bits per heavy atom. The lowest BCUT2D eigenvalue weighted by Crippen LogP contribution is -2.39. The lowest BCUT2D eigenvalue weighted by Gasteiger charge is -2.19. The molecule has 96 valence electrons. The average molecular weight is 246 g/mol. The third-order valence-corrected chi connectivity index (χ3v) is 3.66. The third-order valence-electron chi connectivity index (χ3n) is 3.66. The predicted octanol–water partition coefficient (Wildman–Crippen LogP) is 1.16. The molecule has 1 aliphatic carbocycles. The molecule has 0 aliphatic heterocycles. The van der Waals surface area contributed by atoms with Crippen molar-refractivity contribution in [3.63, 3.8) is 0 Å². The highest BCUT2D eigenvalue weighted by molar-refractivity contribution is 5.85. The Labute approximate surface area is 107 Å². The number of aromatic nitrogens is 2. The molecule has 5 heteroatoms. The van der Waals surface area contributed by atoms with Gasteiger partial charge < -0.3 is 9.88 Å². The molecule has 1 saturated carbocycles. The molecule has 2 rings (SSSR count). The van der Waals surface area contributed by atoms with Crippen molar-refractivity contribution in [2.75, 3.05) is 6.54 Å². The lowest BCUT2D eigenvalue weighted by atomic mass is 9.87. The molecule has 0 radical (unpaired) electrons. The molecule has 0 spiro atoms. The molecule has 1 N–H and O–H groups in total. The Balaban J connectivity index is 1.85. The minimum atomic E-state index is -0.776. The van der Waals surface area contributed by atoms with Gasteiger partial charge in [-0.2, -0.15) is 5.26 Å². The Bertz CT molecular complexity index is 466. The Hall–Kier alpha value is -1.83. The second kappa shape index (κ2) is 5.21. The average Bonchev–Trinajstić information content (AvgIpc) is 2.99. The van der Waals surface area contributed by atoms with E-state index in [9.17, 15) is 10.1 Å². The SMILES string of the molecule is Cn1ccnc1CCNC(=O)C1(C#N)CCCC1. The highest BCUT2D eigenvalue weighted by Crippen LogP contribution is 2.37. The number of amides is 1. The van der Waals surface area contributed by atoms with E-state index >= 15 is 0 Å². The van der Waals surface area contributed by atoms with Gasteiger partial charge in [-0.1, -0.05) is 12.8 Å². The van der Waals surface area contributed by atoms with Crippen LogP contribution in [0.5, 0.6) is 0 Å². The summed E-state index contributed by atoms with van der Waals surface area (Å²) in [5.74, 6) is 0.824. The van der Waals surface area contributed by atoms with Gasteiger partial charge >= 0.3 is 0 Å². The Morgan fingerprint density at radius 2 is 2.33 bits per heavy atom.